The molecule has 0 bridgehead atoms. The lowest BCUT2D eigenvalue weighted by molar-refractivity contribution is 0.102. The highest BCUT2D eigenvalue weighted by atomic mass is 32.2. The molecule has 2 saturated heterocycles. The van der Waals surface area contributed by atoms with Crippen molar-refractivity contribution in [3.05, 3.63) is 48.2 Å². The van der Waals surface area contributed by atoms with Crippen molar-refractivity contribution >= 4 is 29.0 Å². The highest BCUT2D eigenvalue weighted by Gasteiger charge is 2.18. The van der Waals surface area contributed by atoms with E-state index in [0.717, 1.165) is 55.6 Å². The Morgan fingerprint density at radius 1 is 1.19 bits per heavy atom. The van der Waals surface area contributed by atoms with Gasteiger partial charge in [-0.05, 0) is 42.5 Å². The zero-order valence-electron chi connectivity index (χ0n) is 15.1. The first-order valence-corrected chi connectivity index (χ1v) is 10.4. The second kappa shape index (κ2) is 8.63. The number of aromatic nitrogens is 1. The van der Waals surface area contributed by atoms with Gasteiger partial charge in [-0.2, -0.15) is 11.8 Å². The van der Waals surface area contributed by atoms with Crippen molar-refractivity contribution in [2.75, 3.05) is 48.0 Å². The number of rotatable bonds is 5. The van der Waals surface area contributed by atoms with Gasteiger partial charge in [-0.15, -0.1) is 0 Å². The molecule has 0 aliphatic carbocycles. The normalized spacial score (nSPS) is 19.7. The van der Waals surface area contributed by atoms with Gasteiger partial charge in [-0.3, -0.25) is 4.79 Å². The SMILES string of the molecule is O=C(Nc1ccc(N2CCOCC2)cc1)c1ccc(OC2CCSC2)nc1. The second-order valence-electron chi connectivity index (χ2n) is 6.59. The average Bonchev–Trinajstić information content (AvgIpc) is 3.23. The number of thioether (sulfide) groups is 1. The van der Waals surface area contributed by atoms with Gasteiger partial charge in [0.05, 0.1) is 18.8 Å². The Hall–Kier alpha value is -2.25. The van der Waals surface area contributed by atoms with Gasteiger partial charge in [0, 0.05) is 42.5 Å². The monoisotopic (exact) mass is 385 g/mol. The number of nitrogens with zero attached hydrogens (tertiary/aromatic N) is 2. The minimum absolute atomic E-state index is 0.176. The molecule has 7 heteroatoms. The van der Waals surface area contributed by atoms with Gasteiger partial charge < -0.3 is 19.7 Å². The van der Waals surface area contributed by atoms with Crippen LogP contribution in [0.4, 0.5) is 11.4 Å². The molecule has 1 atom stereocenters. The van der Waals surface area contributed by atoms with Crippen LogP contribution in [0.25, 0.3) is 0 Å². The predicted octanol–water partition coefficient (Wildman–Crippen LogP) is 3.05. The standard InChI is InChI=1S/C20H23N3O3S/c24-20(15-1-6-19(21-13-15)26-18-7-12-27-14-18)22-16-2-4-17(5-3-16)23-8-10-25-11-9-23/h1-6,13,18H,7-12,14H2,(H,22,24). The van der Waals surface area contributed by atoms with Crippen LogP contribution in [0.1, 0.15) is 16.8 Å². The maximum Gasteiger partial charge on any atom is 0.257 e. The first-order chi connectivity index (χ1) is 13.3. The van der Waals surface area contributed by atoms with Crippen LogP contribution in [-0.2, 0) is 4.74 Å². The summed E-state index contributed by atoms with van der Waals surface area (Å²) in [5.74, 6) is 2.54. The number of amides is 1. The maximum absolute atomic E-state index is 12.4. The lowest BCUT2D eigenvalue weighted by Gasteiger charge is -2.28. The van der Waals surface area contributed by atoms with E-state index in [4.69, 9.17) is 9.47 Å². The fourth-order valence-corrected chi connectivity index (χ4v) is 4.24. The molecular weight excluding hydrogens is 362 g/mol. The molecule has 4 rings (SSSR count). The van der Waals surface area contributed by atoms with Gasteiger partial charge in [0.15, 0.2) is 0 Å². The third kappa shape index (κ3) is 4.73. The van der Waals surface area contributed by atoms with Crippen LogP contribution in [-0.4, -0.2) is 54.8 Å². The second-order valence-corrected chi connectivity index (χ2v) is 7.74. The van der Waals surface area contributed by atoms with Crippen LogP contribution in [0.2, 0.25) is 0 Å². The van der Waals surface area contributed by atoms with E-state index in [1.807, 2.05) is 36.0 Å². The predicted molar refractivity (Wildman–Crippen MR) is 108 cm³/mol. The molecule has 0 radical (unpaired) electrons. The van der Waals surface area contributed by atoms with Crippen molar-refractivity contribution < 1.29 is 14.3 Å². The smallest absolute Gasteiger partial charge is 0.257 e. The molecule has 1 aromatic carbocycles. The van der Waals surface area contributed by atoms with E-state index in [2.05, 4.69) is 15.2 Å². The summed E-state index contributed by atoms with van der Waals surface area (Å²) in [4.78, 5) is 19.0. The Kier molecular flexibility index (Phi) is 5.79. The number of carbonyl (C=O) groups is 1. The minimum Gasteiger partial charge on any atom is -0.473 e. The van der Waals surface area contributed by atoms with Crippen molar-refractivity contribution in [1.29, 1.82) is 0 Å². The summed E-state index contributed by atoms with van der Waals surface area (Å²) in [6.07, 6.45) is 2.84. The Morgan fingerprint density at radius 2 is 2.00 bits per heavy atom. The third-order valence-corrected chi connectivity index (χ3v) is 5.81. The lowest BCUT2D eigenvalue weighted by atomic mass is 10.2. The summed E-state index contributed by atoms with van der Waals surface area (Å²) >= 11 is 1.89. The van der Waals surface area contributed by atoms with Crippen LogP contribution in [0.15, 0.2) is 42.6 Å². The molecule has 6 nitrogen and oxygen atoms in total. The van der Waals surface area contributed by atoms with Crippen LogP contribution >= 0.6 is 11.8 Å². The summed E-state index contributed by atoms with van der Waals surface area (Å²) in [6.45, 7) is 3.30. The number of morpholine rings is 1. The molecule has 2 aliphatic heterocycles. The molecule has 1 N–H and O–H groups in total. The van der Waals surface area contributed by atoms with Gasteiger partial charge >= 0.3 is 0 Å². The summed E-state index contributed by atoms with van der Waals surface area (Å²) in [5, 5.41) is 2.91. The van der Waals surface area contributed by atoms with E-state index in [9.17, 15) is 4.79 Å². The third-order valence-electron chi connectivity index (χ3n) is 4.68. The van der Waals surface area contributed by atoms with Crippen LogP contribution in [0, 0.1) is 0 Å². The Balaban J connectivity index is 1.34. The van der Waals surface area contributed by atoms with Gasteiger partial charge in [0.2, 0.25) is 5.88 Å². The molecule has 2 aromatic rings. The zero-order valence-corrected chi connectivity index (χ0v) is 15.9. The van der Waals surface area contributed by atoms with E-state index in [1.54, 1.807) is 18.3 Å². The summed E-state index contributed by atoms with van der Waals surface area (Å²) in [7, 11) is 0. The van der Waals surface area contributed by atoms with Gasteiger partial charge in [-0.1, -0.05) is 0 Å². The molecule has 142 valence electrons. The molecule has 2 fully saturated rings. The maximum atomic E-state index is 12.4. The number of nitrogens with one attached hydrogen (secondary N) is 1. The topological polar surface area (TPSA) is 63.7 Å². The molecule has 2 aliphatic rings. The largest absolute Gasteiger partial charge is 0.473 e. The number of hydrogen-bond donors (Lipinski definition) is 1. The minimum atomic E-state index is -0.176. The molecule has 1 amide bonds. The average molecular weight is 385 g/mol. The van der Waals surface area contributed by atoms with Gasteiger partial charge in [0.25, 0.3) is 5.91 Å². The summed E-state index contributed by atoms with van der Waals surface area (Å²) in [5.41, 5.74) is 2.42. The van der Waals surface area contributed by atoms with Crippen molar-refractivity contribution in [3.8, 4) is 5.88 Å². The summed E-state index contributed by atoms with van der Waals surface area (Å²) in [6, 6.07) is 11.4. The van der Waals surface area contributed by atoms with Crippen molar-refractivity contribution in [1.82, 2.24) is 4.98 Å². The number of ether oxygens (including phenoxy) is 2. The van der Waals surface area contributed by atoms with Crippen LogP contribution < -0.4 is 15.0 Å². The molecular formula is C20H23N3O3S. The summed E-state index contributed by atoms with van der Waals surface area (Å²) < 4.78 is 11.2. The molecule has 3 heterocycles. The number of pyridine rings is 1. The van der Waals surface area contributed by atoms with Gasteiger partial charge in [-0.25, -0.2) is 4.98 Å². The first-order valence-electron chi connectivity index (χ1n) is 9.22. The Bertz CT molecular complexity index is 755. The molecule has 0 saturated carbocycles. The van der Waals surface area contributed by atoms with Crippen LogP contribution in [0.5, 0.6) is 5.88 Å². The van der Waals surface area contributed by atoms with E-state index in [0.29, 0.717) is 11.4 Å². The lowest BCUT2D eigenvalue weighted by Crippen LogP contribution is -2.36. The van der Waals surface area contributed by atoms with E-state index in [1.165, 1.54) is 0 Å². The van der Waals surface area contributed by atoms with Crippen molar-refractivity contribution in [2.24, 2.45) is 0 Å². The van der Waals surface area contributed by atoms with E-state index in [-0.39, 0.29) is 12.0 Å². The highest BCUT2D eigenvalue weighted by Crippen LogP contribution is 2.22. The van der Waals surface area contributed by atoms with E-state index >= 15 is 0 Å². The quantitative estimate of drug-likeness (QED) is 0.854. The molecule has 1 aromatic heterocycles. The number of carbonyl (C=O) groups excluding carboxylic acids is 1. The van der Waals surface area contributed by atoms with Crippen LogP contribution in [0.3, 0.4) is 0 Å². The first kappa shape index (κ1) is 18.1. The Morgan fingerprint density at radius 3 is 2.67 bits per heavy atom. The van der Waals surface area contributed by atoms with Crippen molar-refractivity contribution in [2.45, 2.75) is 12.5 Å². The molecule has 0 spiro atoms. The fourth-order valence-electron chi connectivity index (χ4n) is 3.14. The van der Waals surface area contributed by atoms with E-state index < -0.39 is 0 Å². The number of anilines is 2. The zero-order chi connectivity index (χ0) is 18.5. The van der Waals surface area contributed by atoms with Crippen molar-refractivity contribution in [3.63, 3.8) is 0 Å². The van der Waals surface area contributed by atoms with Gasteiger partial charge in [0.1, 0.15) is 6.10 Å². The number of benzene rings is 1. The number of hydrogen-bond acceptors (Lipinski definition) is 6. The Labute approximate surface area is 163 Å². The molecule has 1 unspecified atom stereocenters. The molecule has 27 heavy (non-hydrogen) atoms. The fraction of sp³-hybridized carbons (Fsp3) is 0.400. The highest BCUT2D eigenvalue weighted by molar-refractivity contribution is 7.99.